The van der Waals surface area contributed by atoms with Gasteiger partial charge in [-0.05, 0) is 55.3 Å². The summed E-state index contributed by atoms with van der Waals surface area (Å²) >= 11 is 3.08. The van der Waals surface area contributed by atoms with E-state index in [0.717, 1.165) is 17.3 Å². The highest BCUT2D eigenvalue weighted by atomic mass is 79.9. The van der Waals surface area contributed by atoms with E-state index in [1.165, 1.54) is 13.0 Å². The summed E-state index contributed by atoms with van der Waals surface area (Å²) in [5, 5.41) is 18.1. The SMILES string of the molecule is CCOC(=O)CC(C)=O.Nc1ccc(CO)cc1.OCc1ccc2nc(C(F)(F)F)cc(Br)c2c1. The second kappa shape index (κ2) is 14.4. The fraction of sp³-hybridized carbons (Fsp3) is 0.292. The predicted molar refractivity (Wildman–Crippen MR) is 129 cm³/mol. The molecule has 0 atom stereocenters. The number of pyridine rings is 1. The topological polar surface area (TPSA) is 123 Å². The molecule has 0 aliphatic heterocycles. The molecule has 7 nitrogen and oxygen atoms in total. The van der Waals surface area contributed by atoms with Gasteiger partial charge in [-0.1, -0.05) is 34.1 Å². The van der Waals surface area contributed by atoms with E-state index in [9.17, 15) is 22.8 Å². The zero-order valence-electron chi connectivity index (χ0n) is 19.1. The number of carbonyl (C=O) groups is 2. The molecule has 1 heterocycles. The van der Waals surface area contributed by atoms with Crippen LogP contribution in [0.2, 0.25) is 0 Å². The van der Waals surface area contributed by atoms with Crippen molar-refractivity contribution in [1.82, 2.24) is 4.98 Å². The molecular formula is C24H26BrF3N2O5. The average Bonchev–Trinajstić information content (AvgIpc) is 2.79. The number of carbonyl (C=O) groups excluding carboxylic acids is 2. The molecule has 0 bridgehead atoms. The van der Waals surface area contributed by atoms with E-state index in [0.29, 0.717) is 22.0 Å². The van der Waals surface area contributed by atoms with E-state index >= 15 is 0 Å². The Labute approximate surface area is 208 Å². The monoisotopic (exact) mass is 558 g/mol. The summed E-state index contributed by atoms with van der Waals surface area (Å²) in [7, 11) is 0. The van der Waals surface area contributed by atoms with Crippen LogP contribution in [-0.2, 0) is 33.7 Å². The third kappa shape index (κ3) is 10.8. The van der Waals surface area contributed by atoms with Gasteiger partial charge >= 0.3 is 12.1 Å². The van der Waals surface area contributed by atoms with Crippen LogP contribution in [0.15, 0.2) is 53.0 Å². The number of aliphatic hydroxyl groups excluding tert-OH is 2. The molecule has 3 rings (SSSR count). The summed E-state index contributed by atoms with van der Waals surface area (Å²) in [5.41, 5.74) is 6.95. The van der Waals surface area contributed by atoms with Crippen LogP contribution < -0.4 is 5.73 Å². The minimum absolute atomic E-state index is 0.0836. The number of fused-ring (bicyclic) bond motifs is 1. The summed E-state index contributed by atoms with van der Waals surface area (Å²) in [6.07, 6.45) is -4.57. The van der Waals surface area contributed by atoms with Crippen LogP contribution in [0.25, 0.3) is 10.9 Å². The molecule has 0 radical (unpaired) electrons. The molecule has 0 amide bonds. The number of alkyl halides is 3. The Hall–Kier alpha value is -3.02. The van der Waals surface area contributed by atoms with Crippen LogP contribution in [0.4, 0.5) is 18.9 Å². The number of nitrogen functional groups attached to an aromatic ring is 1. The number of ether oxygens (including phenoxy) is 1. The highest BCUT2D eigenvalue weighted by Gasteiger charge is 2.33. The Kier molecular flexibility index (Phi) is 12.3. The zero-order chi connectivity index (χ0) is 26.6. The molecule has 3 aromatic rings. The van der Waals surface area contributed by atoms with Crippen molar-refractivity contribution in [3.63, 3.8) is 0 Å². The molecular weight excluding hydrogens is 533 g/mol. The summed E-state index contributed by atoms with van der Waals surface area (Å²) in [5.74, 6) is -0.599. The number of hydrogen-bond donors (Lipinski definition) is 3. The number of rotatable bonds is 5. The first-order chi connectivity index (χ1) is 16.4. The van der Waals surface area contributed by atoms with Crippen LogP contribution in [0.3, 0.4) is 0 Å². The van der Waals surface area contributed by atoms with E-state index in [1.54, 1.807) is 43.3 Å². The number of benzene rings is 2. The summed E-state index contributed by atoms with van der Waals surface area (Å²) < 4.78 is 42.4. The lowest BCUT2D eigenvalue weighted by Gasteiger charge is -2.09. The van der Waals surface area contributed by atoms with Gasteiger partial charge in [-0.25, -0.2) is 4.98 Å². The number of nitrogens with zero attached hydrogens (tertiary/aromatic N) is 1. The van der Waals surface area contributed by atoms with Crippen molar-refractivity contribution in [1.29, 1.82) is 0 Å². The van der Waals surface area contributed by atoms with Crippen LogP contribution in [-0.4, -0.2) is 33.6 Å². The fourth-order valence-electron chi connectivity index (χ4n) is 2.51. The van der Waals surface area contributed by atoms with Gasteiger partial charge in [0.25, 0.3) is 0 Å². The van der Waals surface area contributed by atoms with E-state index in [-0.39, 0.29) is 30.9 Å². The molecule has 0 saturated heterocycles. The van der Waals surface area contributed by atoms with Crippen molar-refractivity contribution < 1.29 is 37.7 Å². The Balaban J connectivity index is 0.000000289. The molecule has 2 aromatic carbocycles. The van der Waals surface area contributed by atoms with Gasteiger partial charge in [-0.15, -0.1) is 0 Å². The number of anilines is 1. The maximum Gasteiger partial charge on any atom is 0.433 e. The number of aromatic nitrogens is 1. The number of aliphatic hydroxyl groups is 2. The number of hydrogen-bond acceptors (Lipinski definition) is 7. The van der Waals surface area contributed by atoms with Gasteiger partial charge in [0.2, 0.25) is 0 Å². The molecule has 1 aromatic heterocycles. The van der Waals surface area contributed by atoms with Crippen molar-refractivity contribution in [2.45, 2.75) is 39.7 Å². The number of esters is 1. The lowest BCUT2D eigenvalue weighted by atomic mass is 10.1. The largest absolute Gasteiger partial charge is 0.466 e. The Bertz CT molecular complexity index is 1120. The molecule has 190 valence electrons. The Morgan fingerprint density at radius 2 is 1.60 bits per heavy atom. The summed E-state index contributed by atoms with van der Waals surface area (Å²) in [6, 6.07) is 12.7. The smallest absolute Gasteiger partial charge is 0.433 e. The lowest BCUT2D eigenvalue weighted by Crippen LogP contribution is -2.08. The van der Waals surface area contributed by atoms with Crippen molar-refractivity contribution in [2.24, 2.45) is 0 Å². The van der Waals surface area contributed by atoms with E-state index in [4.69, 9.17) is 15.9 Å². The molecule has 0 fully saturated rings. The van der Waals surface area contributed by atoms with Gasteiger partial charge in [-0.2, -0.15) is 13.2 Å². The molecule has 0 aliphatic rings. The van der Waals surface area contributed by atoms with Gasteiger partial charge in [0.05, 0.1) is 25.3 Å². The zero-order valence-corrected chi connectivity index (χ0v) is 20.7. The van der Waals surface area contributed by atoms with Gasteiger partial charge < -0.3 is 20.7 Å². The first-order valence-electron chi connectivity index (χ1n) is 10.3. The maximum absolute atomic E-state index is 12.5. The van der Waals surface area contributed by atoms with Crippen LogP contribution >= 0.6 is 15.9 Å². The minimum Gasteiger partial charge on any atom is -0.466 e. The number of halogens is 4. The summed E-state index contributed by atoms with van der Waals surface area (Å²) in [4.78, 5) is 24.2. The van der Waals surface area contributed by atoms with Gasteiger partial charge in [0.15, 0.2) is 0 Å². The van der Waals surface area contributed by atoms with Gasteiger partial charge in [-0.3, -0.25) is 9.59 Å². The van der Waals surface area contributed by atoms with Crippen LogP contribution in [0.5, 0.6) is 0 Å². The minimum atomic E-state index is -4.47. The molecule has 35 heavy (non-hydrogen) atoms. The standard InChI is InChI=1S/C11H7BrF3NO.C7H9NO.C6H10O3/c12-8-4-10(11(13,14)15)16-9-2-1-6(5-17)3-7(8)9;8-7-3-1-6(5-9)2-4-7;1-3-9-6(8)4-5(2)7/h1-4,17H,5H2;1-4,9H,5,8H2;3-4H2,1-2H3. The van der Waals surface area contributed by atoms with Crippen LogP contribution in [0.1, 0.15) is 37.1 Å². The average molecular weight is 559 g/mol. The van der Waals surface area contributed by atoms with Crippen LogP contribution in [0, 0.1) is 0 Å². The summed E-state index contributed by atoms with van der Waals surface area (Å²) in [6.45, 7) is 3.32. The van der Waals surface area contributed by atoms with Crippen molar-refractivity contribution in [3.05, 3.63) is 69.8 Å². The van der Waals surface area contributed by atoms with Gasteiger partial charge in [0.1, 0.15) is 17.9 Å². The number of ketones is 1. The first kappa shape index (κ1) is 30.0. The van der Waals surface area contributed by atoms with Crippen molar-refractivity contribution in [2.75, 3.05) is 12.3 Å². The molecule has 0 unspecified atom stereocenters. The number of Topliss-reactive ketones (excluding diaryl/α,β-unsaturated/α-hetero) is 1. The Morgan fingerprint density at radius 1 is 1.03 bits per heavy atom. The Morgan fingerprint density at radius 3 is 2.09 bits per heavy atom. The van der Waals surface area contributed by atoms with Crippen molar-refractivity contribution in [3.8, 4) is 0 Å². The quantitative estimate of drug-likeness (QED) is 0.233. The number of nitrogens with two attached hydrogens (primary N) is 1. The third-order valence-corrected chi connectivity index (χ3v) is 4.81. The highest BCUT2D eigenvalue weighted by molar-refractivity contribution is 9.10. The second-order valence-corrected chi connectivity index (χ2v) is 7.93. The van der Waals surface area contributed by atoms with E-state index in [2.05, 4.69) is 25.7 Å². The first-order valence-corrected chi connectivity index (χ1v) is 11.1. The molecule has 11 heteroatoms. The van der Waals surface area contributed by atoms with E-state index in [1.807, 2.05) is 0 Å². The molecule has 0 spiro atoms. The normalized spacial score (nSPS) is 10.5. The lowest BCUT2D eigenvalue weighted by molar-refractivity contribution is -0.145. The maximum atomic E-state index is 12.5. The molecule has 0 aliphatic carbocycles. The highest BCUT2D eigenvalue weighted by Crippen LogP contribution is 2.33. The fourth-order valence-corrected chi connectivity index (χ4v) is 3.05. The molecule has 0 saturated carbocycles. The third-order valence-electron chi connectivity index (χ3n) is 4.16. The van der Waals surface area contributed by atoms with Crippen molar-refractivity contribution >= 4 is 44.3 Å². The molecule has 4 N–H and O–H groups in total. The predicted octanol–water partition coefficient (Wildman–Crippen LogP) is 4.80. The van der Waals surface area contributed by atoms with Gasteiger partial charge in [0, 0.05) is 15.5 Å². The van der Waals surface area contributed by atoms with E-state index < -0.39 is 17.8 Å². The second-order valence-electron chi connectivity index (χ2n) is 7.08.